The predicted molar refractivity (Wildman–Crippen MR) is 82.7 cm³/mol. The Morgan fingerprint density at radius 2 is 1.95 bits per heavy atom. The summed E-state index contributed by atoms with van der Waals surface area (Å²) in [5.41, 5.74) is 1.15. The highest BCUT2D eigenvalue weighted by Gasteiger charge is 2.16. The van der Waals surface area contributed by atoms with E-state index in [0.29, 0.717) is 18.0 Å². The van der Waals surface area contributed by atoms with Crippen LogP contribution in [0.15, 0.2) is 12.3 Å². The van der Waals surface area contributed by atoms with Crippen LogP contribution in [0.2, 0.25) is 0 Å². The summed E-state index contributed by atoms with van der Waals surface area (Å²) in [4.78, 5) is 2.45. The van der Waals surface area contributed by atoms with Gasteiger partial charge >= 0.3 is 0 Å². The molecule has 1 rings (SSSR count). The van der Waals surface area contributed by atoms with Crippen LogP contribution < -0.4 is 0 Å². The molecule has 0 aliphatic carbocycles. The smallest absolute Gasteiger partial charge is 0.0765 e. The molecule has 4 heteroatoms. The van der Waals surface area contributed by atoms with Crippen LogP contribution in [0.25, 0.3) is 0 Å². The molecule has 1 heterocycles. The van der Waals surface area contributed by atoms with Crippen molar-refractivity contribution in [2.75, 3.05) is 12.4 Å². The molecule has 0 aromatic carbocycles. The van der Waals surface area contributed by atoms with E-state index in [2.05, 4.69) is 54.6 Å². The van der Waals surface area contributed by atoms with E-state index in [4.69, 9.17) is 11.6 Å². The third kappa shape index (κ3) is 4.81. The van der Waals surface area contributed by atoms with E-state index in [-0.39, 0.29) is 0 Å². The first-order valence-electron chi connectivity index (χ1n) is 7.50. The molecule has 110 valence electrons. The first-order valence-corrected chi connectivity index (χ1v) is 8.03. The SMILES string of the molecule is CCC(CC)N(CCCl)Cc1ccn(C(C)CC)n1. The molecule has 3 nitrogen and oxygen atoms in total. The summed E-state index contributed by atoms with van der Waals surface area (Å²) >= 11 is 5.93. The average Bonchev–Trinajstić information content (AvgIpc) is 2.88. The van der Waals surface area contributed by atoms with E-state index < -0.39 is 0 Å². The van der Waals surface area contributed by atoms with Gasteiger partial charge < -0.3 is 0 Å². The normalized spacial score (nSPS) is 13.4. The van der Waals surface area contributed by atoms with Crippen LogP contribution in [0.1, 0.15) is 58.7 Å². The lowest BCUT2D eigenvalue weighted by Gasteiger charge is -2.29. The van der Waals surface area contributed by atoms with Gasteiger partial charge in [-0.2, -0.15) is 5.10 Å². The molecule has 1 aromatic heterocycles. The summed E-state index contributed by atoms with van der Waals surface area (Å²) < 4.78 is 2.07. The quantitative estimate of drug-likeness (QED) is 0.638. The standard InChI is InChI=1S/C15H28ClN3/c1-5-13(4)19-10-8-14(17-19)12-18(11-9-16)15(6-2)7-3/h8,10,13,15H,5-7,9,11-12H2,1-4H3. The predicted octanol–water partition coefficient (Wildman–Crippen LogP) is 4.08. The van der Waals surface area contributed by atoms with Crippen molar-refractivity contribution >= 4 is 11.6 Å². The lowest BCUT2D eigenvalue weighted by molar-refractivity contribution is 0.185. The summed E-state index contributed by atoms with van der Waals surface area (Å²) in [7, 11) is 0. The van der Waals surface area contributed by atoms with Crippen LogP contribution in [-0.2, 0) is 6.54 Å². The largest absolute Gasteiger partial charge is 0.293 e. The van der Waals surface area contributed by atoms with Gasteiger partial charge in [0.2, 0.25) is 0 Å². The second kappa shape index (κ2) is 8.60. The van der Waals surface area contributed by atoms with E-state index in [0.717, 1.165) is 25.2 Å². The monoisotopic (exact) mass is 285 g/mol. The molecule has 1 atom stereocenters. The maximum absolute atomic E-state index is 5.93. The summed E-state index contributed by atoms with van der Waals surface area (Å²) in [6.07, 6.45) is 5.53. The summed E-state index contributed by atoms with van der Waals surface area (Å²) in [6, 6.07) is 3.21. The Kier molecular flexibility index (Phi) is 7.47. The van der Waals surface area contributed by atoms with Gasteiger partial charge in [-0.3, -0.25) is 9.58 Å². The topological polar surface area (TPSA) is 21.1 Å². The van der Waals surface area contributed by atoms with Gasteiger partial charge in [0.1, 0.15) is 0 Å². The molecule has 0 N–H and O–H groups in total. The van der Waals surface area contributed by atoms with Crippen molar-refractivity contribution in [3.05, 3.63) is 18.0 Å². The van der Waals surface area contributed by atoms with Crippen LogP contribution >= 0.6 is 11.6 Å². The van der Waals surface area contributed by atoms with Crippen molar-refractivity contribution < 1.29 is 0 Å². The zero-order valence-corrected chi connectivity index (χ0v) is 13.5. The van der Waals surface area contributed by atoms with Gasteiger partial charge in [-0.1, -0.05) is 20.8 Å². The Morgan fingerprint density at radius 1 is 1.26 bits per heavy atom. The van der Waals surface area contributed by atoms with Gasteiger partial charge in [-0.25, -0.2) is 0 Å². The van der Waals surface area contributed by atoms with Crippen molar-refractivity contribution in [1.82, 2.24) is 14.7 Å². The number of rotatable bonds is 9. The fourth-order valence-corrected chi connectivity index (χ4v) is 2.62. The molecule has 0 fully saturated rings. The van der Waals surface area contributed by atoms with Crippen LogP contribution in [-0.4, -0.2) is 33.1 Å². The van der Waals surface area contributed by atoms with Crippen LogP contribution in [0.3, 0.4) is 0 Å². The second-order valence-electron chi connectivity index (χ2n) is 5.17. The Bertz CT molecular complexity index is 347. The van der Waals surface area contributed by atoms with Gasteiger partial charge in [0, 0.05) is 37.3 Å². The summed E-state index contributed by atoms with van der Waals surface area (Å²) in [6.45, 7) is 10.7. The molecule has 1 aromatic rings. The lowest BCUT2D eigenvalue weighted by atomic mass is 10.1. The Morgan fingerprint density at radius 3 is 2.47 bits per heavy atom. The van der Waals surface area contributed by atoms with Gasteiger partial charge in [-0.05, 0) is 32.3 Å². The molecule has 0 aliphatic heterocycles. The number of halogens is 1. The van der Waals surface area contributed by atoms with Gasteiger partial charge in [0.25, 0.3) is 0 Å². The van der Waals surface area contributed by atoms with Crippen molar-refractivity contribution in [2.24, 2.45) is 0 Å². The Labute approximate surface area is 122 Å². The zero-order chi connectivity index (χ0) is 14.3. The second-order valence-corrected chi connectivity index (χ2v) is 5.55. The highest BCUT2D eigenvalue weighted by Crippen LogP contribution is 2.14. The number of nitrogens with zero attached hydrogens (tertiary/aromatic N) is 3. The number of hydrogen-bond donors (Lipinski definition) is 0. The molecule has 0 radical (unpaired) electrons. The van der Waals surface area contributed by atoms with Crippen LogP contribution in [0.5, 0.6) is 0 Å². The minimum atomic E-state index is 0.475. The number of aromatic nitrogens is 2. The van der Waals surface area contributed by atoms with Gasteiger partial charge in [-0.15, -0.1) is 11.6 Å². The molecule has 0 saturated carbocycles. The lowest BCUT2D eigenvalue weighted by Crippen LogP contribution is -2.35. The average molecular weight is 286 g/mol. The third-order valence-electron chi connectivity index (χ3n) is 3.90. The van der Waals surface area contributed by atoms with Crippen molar-refractivity contribution in [3.8, 4) is 0 Å². The first kappa shape index (κ1) is 16.5. The number of hydrogen-bond acceptors (Lipinski definition) is 2. The molecule has 0 spiro atoms. The van der Waals surface area contributed by atoms with Crippen LogP contribution in [0, 0.1) is 0 Å². The molecular weight excluding hydrogens is 258 g/mol. The minimum Gasteiger partial charge on any atom is -0.293 e. The third-order valence-corrected chi connectivity index (χ3v) is 4.07. The van der Waals surface area contributed by atoms with Gasteiger partial charge in [0.15, 0.2) is 0 Å². The highest BCUT2D eigenvalue weighted by atomic mass is 35.5. The first-order chi connectivity index (χ1) is 9.15. The summed E-state index contributed by atoms with van der Waals surface area (Å²) in [5, 5.41) is 4.69. The molecule has 0 bridgehead atoms. The van der Waals surface area contributed by atoms with Gasteiger partial charge in [0.05, 0.1) is 5.69 Å². The Hall–Kier alpha value is -0.540. The van der Waals surface area contributed by atoms with Crippen molar-refractivity contribution in [2.45, 2.75) is 65.6 Å². The van der Waals surface area contributed by atoms with E-state index in [1.54, 1.807) is 0 Å². The van der Waals surface area contributed by atoms with Crippen molar-refractivity contribution in [3.63, 3.8) is 0 Å². The fourth-order valence-electron chi connectivity index (χ4n) is 2.41. The van der Waals surface area contributed by atoms with Crippen LogP contribution in [0.4, 0.5) is 0 Å². The zero-order valence-electron chi connectivity index (χ0n) is 12.8. The maximum atomic E-state index is 5.93. The molecular formula is C15H28ClN3. The van der Waals surface area contributed by atoms with Crippen molar-refractivity contribution in [1.29, 1.82) is 0 Å². The molecule has 0 saturated heterocycles. The molecule has 0 amide bonds. The molecule has 0 aliphatic rings. The summed E-state index contributed by atoms with van der Waals surface area (Å²) in [5.74, 6) is 0.683. The molecule has 1 unspecified atom stereocenters. The highest BCUT2D eigenvalue weighted by molar-refractivity contribution is 6.18. The van der Waals surface area contributed by atoms with E-state index in [9.17, 15) is 0 Å². The van der Waals surface area contributed by atoms with E-state index >= 15 is 0 Å². The minimum absolute atomic E-state index is 0.475. The number of alkyl halides is 1. The van der Waals surface area contributed by atoms with E-state index in [1.165, 1.54) is 12.8 Å². The Balaban J connectivity index is 2.70. The fraction of sp³-hybridized carbons (Fsp3) is 0.800. The van der Waals surface area contributed by atoms with E-state index in [1.807, 2.05) is 0 Å². The maximum Gasteiger partial charge on any atom is 0.0765 e. The molecule has 19 heavy (non-hydrogen) atoms.